The van der Waals surface area contributed by atoms with Gasteiger partial charge in [0.05, 0.1) is 6.26 Å². The molecule has 2 amide bonds. The number of carbonyl (C=O) groups excluding carboxylic acids is 2. The van der Waals surface area contributed by atoms with Gasteiger partial charge < -0.3 is 15.1 Å². The largest absolute Gasteiger partial charge is 0.459 e. The first kappa shape index (κ1) is 21.1. The molecule has 6 heteroatoms. The smallest absolute Gasteiger partial charge is 0.287 e. The Morgan fingerprint density at radius 1 is 1.10 bits per heavy atom. The predicted octanol–water partition coefficient (Wildman–Crippen LogP) is 3.19. The van der Waals surface area contributed by atoms with E-state index in [1.165, 1.54) is 18.2 Å². The lowest BCUT2D eigenvalue weighted by Gasteiger charge is -2.35. The van der Waals surface area contributed by atoms with Gasteiger partial charge in [-0.05, 0) is 48.4 Å². The van der Waals surface area contributed by atoms with Crippen LogP contribution in [0.5, 0.6) is 0 Å². The van der Waals surface area contributed by atoms with Gasteiger partial charge in [0.1, 0.15) is 6.04 Å². The summed E-state index contributed by atoms with van der Waals surface area (Å²) in [6, 6.07) is 10.8. The van der Waals surface area contributed by atoms with Crippen LogP contribution in [0.4, 0.5) is 0 Å². The van der Waals surface area contributed by atoms with Crippen molar-refractivity contribution in [1.29, 1.82) is 0 Å². The summed E-state index contributed by atoms with van der Waals surface area (Å²) in [5.74, 6) is 1.000. The molecule has 0 saturated carbocycles. The number of carbonyl (C=O) groups is 2. The number of hydrogen-bond acceptors (Lipinski definition) is 4. The van der Waals surface area contributed by atoms with Gasteiger partial charge in [-0.15, -0.1) is 0 Å². The maximum atomic E-state index is 12.4. The van der Waals surface area contributed by atoms with Crippen LogP contribution in [0.3, 0.4) is 0 Å². The monoisotopic (exact) mass is 397 g/mol. The Balaban J connectivity index is 1.55. The SMILES string of the molecule is C[C@H]1C[C@H](C)CN(Cc2ccccc2CNC(=O)[C@@H](C)NC(=O)c2ccco2)C1. The second-order valence-electron chi connectivity index (χ2n) is 8.30. The summed E-state index contributed by atoms with van der Waals surface area (Å²) >= 11 is 0. The molecule has 1 aromatic carbocycles. The molecule has 156 valence electrons. The zero-order valence-corrected chi connectivity index (χ0v) is 17.5. The molecule has 0 aliphatic carbocycles. The molecule has 2 N–H and O–H groups in total. The average Bonchev–Trinajstić information content (AvgIpc) is 3.21. The molecule has 1 fully saturated rings. The van der Waals surface area contributed by atoms with Gasteiger partial charge in [0.15, 0.2) is 5.76 Å². The molecule has 29 heavy (non-hydrogen) atoms. The first-order valence-electron chi connectivity index (χ1n) is 10.3. The van der Waals surface area contributed by atoms with Crippen LogP contribution in [-0.2, 0) is 17.9 Å². The van der Waals surface area contributed by atoms with E-state index < -0.39 is 11.9 Å². The number of nitrogens with zero attached hydrogens (tertiary/aromatic N) is 1. The van der Waals surface area contributed by atoms with E-state index in [1.54, 1.807) is 19.1 Å². The first-order chi connectivity index (χ1) is 13.9. The van der Waals surface area contributed by atoms with Crippen LogP contribution < -0.4 is 10.6 Å². The zero-order valence-electron chi connectivity index (χ0n) is 17.5. The van der Waals surface area contributed by atoms with Crippen LogP contribution >= 0.6 is 0 Å². The molecule has 3 atom stereocenters. The lowest BCUT2D eigenvalue weighted by atomic mass is 9.91. The molecule has 1 saturated heterocycles. The molecule has 3 rings (SSSR count). The molecule has 0 spiro atoms. The molecule has 1 aliphatic rings. The Bertz CT molecular complexity index is 809. The van der Waals surface area contributed by atoms with E-state index in [2.05, 4.69) is 41.5 Å². The number of likely N-dealkylation sites (tertiary alicyclic amines) is 1. The molecule has 1 aromatic heterocycles. The number of benzene rings is 1. The minimum absolute atomic E-state index is 0.194. The van der Waals surface area contributed by atoms with Crippen molar-refractivity contribution in [1.82, 2.24) is 15.5 Å². The molecule has 1 aliphatic heterocycles. The zero-order chi connectivity index (χ0) is 20.8. The number of nitrogens with one attached hydrogen (secondary N) is 2. The van der Waals surface area contributed by atoms with Gasteiger partial charge in [-0.1, -0.05) is 38.1 Å². The van der Waals surface area contributed by atoms with E-state index in [0.29, 0.717) is 18.4 Å². The fraction of sp³-hybridized carbons (Fsp3) is 0.478. The highest BCUT2D eigenvalue weighted by Gasteiger charge is 2.22. The Kier molecular flexibility index (Phi) is 7.09. The number of piperidine rings is 1. The third-order valence-electron chi connectivity index (χ3n) is 5.40. The van der Waals surface area contributed by atoms with Crippen molar-refractivity contribution in [2.45, 2.75) is 46.3 Å². The van der Waals surface area contributed by atoms with Crippen LogP contribution in [0.1, 0.15) is 48.9 Å². The van der Waals surface area contributed by atoms with Crippen molar-refractivity contribution in [2.75, 3.05) is 13.1 Å². The number of furan rings is 1. The summed E-state index contributed by atoms with van der Waals surface area (Å²) in [5, 5.41) is 5.60. The predicted molar refractivity (Wildman–Crippen MR) is 112 cm³/mol. The summed E-state index contributed by atoms with van der Waals surface area (Å²) in [6.45, 7) is 9.85. The van der Waals surface area contributed by atoms with Crippen LogP contribution in [0, 0.1) is 11.8 Å². The van der Waals surface area contributed by atoms with Crippen LogP contribution in [-0.4, -0.2) is 35.8 Å². The van der Waals surface area contributed by atoms with Gasteiger partial charge in [0.25, 0.3) is 5.91 Å². The highest BCUT2D eigenvalue weighted by molar-refractivity contribution is 5.95. The third kappa shape index (κ3) is 5.94. The molecule has 0 unspecified atom stereocenters. The molecule has 0 radical (unpaired) electrons. The van der Waals surface area contributed by atoms with Gasteiger partial charge in [-0.2, -0.15) is 0 Å². The summed E-state index contributed by atoms with van der Waals surface area (Å²) in [5.41, 5.74) is 2.35. The maximum Gasteiger partial charge on any atom is 0.287 e. The second kappa shape index (κ2) is 9.74. The van der Waals surface area contributed by atoms with E-state index >= 15 is 0 Å². The minimum atomic E-state index is -0.649. The fourth-order valence-corrected chi connectivity index (χ4v) is 4.12. The van der Waals surface area contributed by atoms with Crippen LogP contribution in [0.15, 0.2) is 47.1 Å². The van der Waals surface area contributed by atoms with Crippen molar-refractivity contribution < 1.29 is 14.0 Å². The van der Waals surface area contributed by atoms with E-state index in [-0.39, 0.29) is 11.7 Å². The average molecular weight is 398 g/mol. The molecule has 2 heterocycles. The number of rotatable bonds is 7. The summed E-state index contributed by atoms with van der Waals surface area (Å²) in [6.07, 6.45) is 2.72. The van der Waals surface area contributed by atoms with E-state index in [9.17, 15) is 9.59 Å². The molecular weight excluding hydrogens is 366 g/mol. The Hall–Kier alpha value is -2.60. The lowest BCUT2D eigenvalue weighted by Crippen LogP contribution is -2.44. The van der Waals surface area contributed by atoms with Crippen molar-refractivity contribution in [2.24, 2.45) is 11.8 Å². The Morgan fingerprint density at radius 3 is 2.45 bits per heavy atom. The normalized spacial score (nSPS) is 20.8. The number of amides is 2. The maximum absolute atomic E-state index is 12.4. The quantitative estimate of drug-likeness (QED) is 0.752. The topological polar surface area (TPSA) is 74.6 Å². The first-order valence-corrected chi connectivity index (χ1v) is 10.3. The summed E-state index contributed by atoms with van der Waals surface area (Å²) < 4.78 is 5.06. The van der Waals surface area contributed by atoms with Gasteiger partial charge in [0.2, 0.25) is 5.91 Å². The Labute approximate surface area is 172 Å². The van der Waals surface area contributed by atoms with Crippen molar-refractivity contribution in [3.05, 3.63) is 59.5 Å². The summed E-state index contributed by atoms with van der Waals surface area (Å²) in [7, 11) is 0. The second-order valence-corrected chi connectivity index (χ2v) is 8.30. The molecule has 2 aromatic rings. The lowest BCUT2D eigenvalue weighted by molar-refractivity contribution is -0.122. The van der Waals surface area contributed by atoms with Crippen molar-refractivity contribution in [3.8, 4) is 0 Å². The molecular formula is C23H31N3O3. The third-order valence-corrected chi connectivity index (χ3v) is 5.40. The fourth-order valence-electron chi connectivity index (χ4n) is 4.12. The highest BCUT2D eigenvalue weighted by atomic mass is 16.3. The van der Waals surface area contributed by atoms with Gasteiger partial charge >= 0.3 is 0 Å². The van der Waals surface area contributed by atoms with Crippen molar-refractivity contribution in [3.63, 3.8) is 0 Å². The highest BCUT2D eigenvalue weighted by Crippen LogP contribution is 2.23. The van der Waals surface area contributed by atoms with E-state index in [1.807, 2.05) is 12.1 Å². The van der Waals surface area contributed by atoms with Crippen LogP contribution in [0.2, 0.25) is 0 Å². The van der Waals surface area contributed by atoms with Gasteiger partial charge in [-0.25, -0.2) is 0 Å². The molecule has 0 bridgehead atoms. The summed E-state index contributed by atoms with van der Waals surface area (Å²) in [4.78, 5) is 27.0. The minimum Gasteiger partial charge on any atom is -0.459 e. The van der Waals surface area contributed by atoms with Gasteiger partial charge in [0, 0.05) is 26.2 Å². The van der Waals surface area contributed by atoms with Crippen LogP contribution in [0.25, 0.3) is 0 Å². The Morgan fingerprint density at radius 2 is 1.79 bits per heavy atom. The number of hydrogen-bond donors (Lipinski definition) is 2. The van der Waals surface area contributed by atoms with Crippen molar-refractivity contribution >= 4 is 11.8 Å². The van der Waals surface area contributed by atoms with Gasteiger partial charge in [-0.3, -0.25) is 14.5 Å². The standard InChI is InChI=1S/C23H31N3O3/c1-16-11-17(2)14-26(13-16)15-20-8-5-4-7-19(20)12-24-22(27)18(3)25-23(28)21-9-6-10-29-21/h4-10,16-18H,11-15H2,1-3H3,(H,24,27)(H,25,28)/t16-,17-,18+/m0/s1. The molecule has 6 nitrogen and oxygen atoms in total. The van der Waals surface area contributed by atoms with E-state index in [4.69, 9.17) is 4.42 Å². The van der Waals surface area contributed by atoms with E-state index in [0.717, 1.165) is 25.2 Å².